The zero-order valence-corrected chi connectivity index (χ0v) is 28.2. The lowest BCUT2D eigenvalue weighted by molar-refractivity contribution is -0.0592. The third kappa shape index (κ3) is 7.02. The quantitative estimate of drug-likeness (QED) is 0.149. The minimum absolute atomic E-state index is 0.0533. The minimum Gasteiger partial charge on any atom is -0.471 e. The van der Waals surface area contributed by atoms with Crippen molar-refractivity contribution in [3.05, 3.63) is 76.9 Å². The molecule has 4 aromatic heterocycles. The molecule has 0 spiro atoms. The zero-order valence-electron chi connectivity index (χ0n) is 28.2. The van der Waals surface area contributed by atoms with E-state index in [4.69, 9.17) is 28.6 Å². The first-order valence-electron chi connectivity index (χ1n) is 17.3. The molecule has 0 radical (unpaired) electrons. The number of carbonyl (C=O) groups is 1. The highest BCUT2D eigenvalue weighted by molar-refractivity contribution is 5.94. The monoisotopic (exact) mass is 668 g/mol. The Hall–Kier alpha value is -4.42. The number of rotatable bonds is 10. The molecule has 3 fully saturated rings. The largest absolute Gasteiger partial charge is 0.471 e. The first-order chi connectivity index (χ1) is 23.6. The van der Waals surface area contributed by atoms with Crippen molar-refractivity contribution in [1.29, 1.82) is 0 Å². The van der Waals surface area contributed by atoms with E-state index in [9.17, 15) is 9.18 Å². The number of benzene rings is 1. The van der Waals surface area contributed by atoms with Crippen LogP contribution in [0.4, 0.5) is 4.39 Å². The smallest absolute Gasteiger partial charge is 0.338 e. The summed E-state index contributed by atoms with van der Waals surface area (Å²) in [5, 5.41) is 0. The van der Waals surface area contributed by atoms with Gasteiger partial charge in [-0.3, -0.25) is 4.90 Å². The Morgan fingerprint density at radius 1 is 0.959 bits per heavy atom. The molecule has 8 rings (SSSR count). The average Bonchev–Trinajstić information content (AvgIpc) is 3.74. The second kappa shape index (κ2) is 12.8. The molecule has 1 aliphatic carbocycles. The summed E-state index contributed by atoms with van der Waals surface area (Å²) in [6.07, 6.45) is 5.12. The molecule has 2 saturated heterocycles. The van der Waals surface area contributed by atoms with Crippen molar-refractivity contribution in [2.24, 2.45) is 0 Å². The second-order valence-electron chi connectivity index (χ2n) is 14.4. The Kier molecular flexibility index (Phi) is 8.31. The summed E-state index contributed by atoms with van der Waals surface area (Å²) in [7, 11) is 0. The highest BCUT2D eigenvalue weighted by Gasteiger charge is 2.30. The zero-order chi connectivity index (χ0) is 33.7. The van der Waals surface area contributed by atoms with Crippen LogP contribution < -0.4 is 4.74 Å². The number of ether oxygens (including phenoxy) is 3. The lowest BCUT2D eigenvalue weighted by atomic mass is 9.93. The fraction of sp³-hybridized carbons (Fsp3) is 0.486. The summed E-state index contributed by atoms with van der Waals surface area (Å²) in [4.78, 5) is 33.8. The van der Waals surface area contributed by atoms with Gasteiger partial charge >= 0.3 is 5.97 Å². The number of halogens is 1. The number of imidazole rings is 1. The van der Waals surface area contributed by atoms with E-state index in [0.717, 1.165) is 74.4 Å². The van der Waals surface area contributed by atoms with Gasteiger partial charge in [-0.1, -0.05) is 6.07 Å². The second-order valence-corrected chi connectivity index (χ2v) is 14.4. The Labute approximate surface area is 283 Å². The predicted octanol–water partition coefficient (Wildman–Crippen LogP) is 6.69. The first-order valence-corrected chi connectivity index (χ1v) is 17.3. The van der Waals surface area contributed by atoms with E-state index in [1.165, 1.54) is 6.07 Å². The fourth-order valence-electron chi connectivity index (χ4n) is 6.56. The van der Waals surface area contributed by atoms with E-state index in [0.29, 0.717) is 47.6 Å². The number of hydrogen-bond donors (Lipinski definition) is 0. The van der Waals surface area contributed by atoms with Gasteiger partial charge in [0, 0.05) is 36.3 Å². The van der Waals surface area contributed by atoms with E-state index in [1.54, 1.807) is 12.1 Å². The number of piperidine rings is 1. The number of fused-ring (bicyclic) bond motifs is 2. The van der Waals surface area contributed by atoms with Crippen molar-refractivity contribution in [2.45, 2.75) is 96.1 Å². The molecule has 0 bridgehead atoms. The molecule has 0 N–H and O–H groups in total. The molecule has 6 heterocycles. The van der Waals surface area contributed by atoms with Crippen LogP contribution in [0.3, 0.4) is 0 Å². The number of nitrogens with zero attached hydrogens (tertiary/aromatic N) is 6. The van der Waals surface area contributed by atoms with Crippen molar-refractivity contribution in [1.82, 2.24) is 29.4 Å². The molecule has 0 amide bonds. The van der Waals surface area contributed by atoms with Gasteiger partial charge in [0.05, 0.1) is 35.8 Å². The summed E-state index contributed by atoms with van der Waals surface area (Å²) in [6.45, 7) is 9.50. The number of carbonyl (C=O) groups excluding carboxylic acids is 1. The summed E-state index contributed by atoms with van der Waals surface area (Å²) in [6, 6.07) is 12.7. The van der Waals surface area contributed by atoms with Gasteiger partial charge in [-0.2, -0.15) is 0 Å². The molecule has 1 atom stereocenters. The molecule has 12 heteroatoms. The van der Waals surface area contributed by atoms with Crippen molar-refractivity contribution in [3.8, 4) is 5.88 Å². The van der Waals surface area contributed by atoms with E-state index < -0.39 is 11.4 Å². The minimum atomic E-state index is -0.571. The maximum Gasteiger partial charge on any atom is 0.338 e. The number of esters is 1. The Balaban J connectivity index is 0.918. The van der Waals surface area contributed by atoms with Gasteiger partial charge in [0.2, 0.25) is 17.5 Å². The lowest BCUT2D eigenvalue weighted by Crippen LogP contribution is -2.35. The average molecular weight is 669 g/mol. The van der Waals surface area contributed by atoms with Gasteiger partial charge in [-0.15, -0.1) is 0 Å². The van der Waals surface area contributed by atoms with Crippen molar-refractivity contribution in [2.75, 3.05) is 19.7 Å². The van der Waals surface area contributed by atoms with Crippen LogP contribution in [-0.4, -0.2) is 66.8 Å². The Morgan fingerprint density at radius 3 is 2.51 bits per heavy atom. The maximum absolute atomic E-state index is 14.8. The molecule has 1 saturated carbocycles. The number of oxazole rings is 1. The van der Waals surface area contributed by atoms with Crippen LogP contribution in [0.5, 0.6) is 5.88 Å². The van der Waals surface area contributed by atoms with E-state index in [2.05, 4.69) is 19.4 Å². The number of pyridine rings is 2. The normalized spacial score (nSPS) is 19.0. The molecular weight excluding hydrogens is 627 g/mol. The first kappa shape index (κ1) is 31.8. The number of likely N-dealkylation sites (tertiary alicyclic amines) is 1. The van der Waals surface area contributed by atoms with Crippen LogP contribution in [0.2, 0.25) is 0 Å². The molecule has 11 nitrogen and oxygen atoms in total. The van der Waals surface area contributed by atoms with Gasteiger partial charge in [0.1, 0.15) is 29.2 Å². The summed E-state index contributed by atoms with van der Waals surface area (Å²) in [5.74, 6) is 1.83. The van der Waals surface area contributed by atoms with Crippen molar-refractivity contribution < 1.29 is 27.8 Å². The molecular formula is C37H41FN6O5. The SMILES string of the molecule is CC(C)(C)OC(=O)c1ccc2nc(CN3CCC(c4cccc(OCc5nc6oc(C7CC7)nc6cc5F)n4)CC3)n(C[C@@H]3CCO3)c2c1. The molecule has 256 valence electrons. The maximum atomic E-state index is 14.8. The molecule has 2 aliphatic heterocycles. The molecule has 49 heavy (non-hydrogen) atoms. The van der Waals surface area contributed by atoms with Gasteiger partial charge in [-0.05, 0) is 90.2 Å². The summed E-state index contributed by atoms with van der Waals surface area (Å²) in [5.41, 5.74) is 3.64. The standard InChI is InChI=1S/C37H41FN6O5/c1-37(2,3)49-36(45)24-9-10-28-31(17-24)44(19-25-13-16-46-25)32(39-28)20-43-14-11-22(12-15-43)27-5-4-6-33(40-27)47-21-30-26(38)18-29-35(42-30)48-34(41-29)23-7-8-23/h4-6,9-10,17-18,22-23,25H,7-8,11-16,19-21H2,1-3H3/t25-/m0/s1. The third-order valence-electron chi connectivity index (χ3n) is 9.47. The number of aromatic nitrogens is 5. The lowest BCUT2D eigenvalue weighted by Gasteiger charge is -2.32. The van der Waals surface area contributed by atoms with Crippen LogP contribution in [-0.2, 0) is 29.2 Å². The molecule has 0 unspecified atom stereocenters. The number of hydrogen-bond acceptors (Lipinski definition) is 10. The summed E-state index contributed by atoms with van der Waals surface area (Å²) < 4.78 is 40.1. The van der Waals surface area contributed by atoms with Gasteiger partial charge < -0.3 is 23.2 Å². The van der Waals surface area contributed by atoms with E-state index in [1.807, 2.05) is 45.0 Å². The van der Waals surface area contributed by atoms with Gasteiger partial charge in [0.15, 0.2) is 5.82 Å². The molecule has 1 aromatic carbocycles. The van der Waals surface area contributed by atoms with Crippen molar-refractivity contribution >= 4 is 28.2 Å². The van der Waals surface area contributed by atoms with Crippen LogP contribution >= 0.6 is 0 Å². The van der Waals surface area contributed by atoms with E-state index >= 15 is 0 Å². The Morgan fingerprint density at radius 2 is 1.78 bits per heavy atom. The van der Waals surface area contributed by atoms with Crippen molar-refractivity contribution in [3.63, 3.8) is 0 Å². The van der Waals surface area contributed by atoms with Gasteiger partial charge in [0.25, 0.3) is 0 Å². The van der Waals surface area contributed by atoms with Crippen LogP contribution in [0.1, 0.15) is 98.2 Å². The molecule has 5 aromatic rings. The third-order valence-corrected chi connectivity index (χ3v) is 9.47. The van der Waals surface area contributed by atoms with Gasteiger partial charge in [-0.25, -0.2) is 29.1 Å². The predicted molar refractivity (Wildman–Crippen MR) is 179 cm³/mol. The van der Waals surface area contributed by atoms with E-state index in [-0.39, 0.29) is 30.3 Å². The Bertz CT molecular complexity index is 2000. The highest BCUT2D eigenvalue weighted by Crippen LogP contribution is 2.40. The van der Waals surface area contributed by atoms with Crippen LogP contribution in [0.15, 0.2) is 46.9 Å². The fourth-order valence-corrected chi connectivity index (χ4v) is 6.56. The van der Waals surface area contributed by atoms with Crippen LogP contribution in [0.25, 0.3) is 22.3 Å². The molecule has 3 aliphatic rings. The van der Waals surface area contributed by atoms with Crippen LogP contribution in [0, 0.1) is 5.82 Å². The summed E-state index contributed by atoms with van der Waals surface area (Å²) >= 11 is 0. The topological polar surface area (TPSA) is 118 Å². The highest BCUT2D eigenvalue weighted by atomic mass is 19.1.